The monoisotopic (exact) mass is 355 g/mol. The first-order valence-corrected chi connectivity index (χ1v) is 7.24. The minimum Gasteiger partial charge on any atom is -0.327 e. The van der Waals surface area contributed by atoms with Crippen LogP contribution in [0.25, 0.3) is 0 Å². The van der Waals surface area contributed by atoms with Gasteiger partial charge >= 0.3 is 0 Å². The largest absolute Gasteiger partial charge is 0.327 e. The van der Waals surface area contributed by atoms with E-state index in [1.165, 1.54) is 14.8 Å². The van der Waals surface area contributed by atoms with Gasteiger partial charge in [0.2, 0.25) is 0 Å². The van der Waals surface area contributed by atoms with Crippen molar-refractivity contribution in [1.82, 2.24) is 14.9 Å². The van der Waals surface area contributed by atoms with Gasteiger partial charge in [-0.1, -0.05) is 19.1 Å². The number of hydrogen-bond donors (Lipinski definition) is 1. The molecule has 0 fully saturated rings. The first-order valence-electron chi connectivity index (χ1n) is 6.17. The molecule has 0 radical (unpaired) electrons. The number of nitrogens with zero attached hydrogens (tertiary/aromatic N) is 2. The summed E-state index contributed by atoms with van der Waals surface area (Å²) in [4.78, 5) is 4.40. The normalized spacial score (nSPS) is 10.8. The minimum atomic E-state index is 0.877. The van der Waals surface area contributed by atoms with Gasteiger partial charge in [0.25, 0.3) is 0 Å². The Kier molecular flexibility index (Phi) is 4.77. The summed E-state index contributed by atoms with van der Waals surface area (Å²) in [6.45, 7) is 6.92. The van der Waals surface area contributed by atoms with Crippen molar-refractivity contribution in [2.24, 2.45) is 0 Å². The fraction of sp³-hybridized carbons (Fsp3) is 0.357. The molecule has 3 nitrogen and oxygen atoms in total. The fourth-order valence-electron chi connectivity index (χ4n) is 1.90. The van der Waals surface area contributed by atoms with Crippen LogP contribution in [-0.4, -0.2) is 16.1 Å². The molecule has 1 N–H and O–H groups in total. The van der Waals surface area contributed by atoms with Gasteiger partial charge in [0.05, 0.1) is 5.69 Å². The Balaban J connectivity index is 2.17. The molecule has 1 heterocycles. The van der Waals surface area contributed by atoms with Crippen molar-refractivity contribution in [2.75, 3.05) is 6.54 Å². The Bertz CT molecular complexity index is 502. The van der Waals surface area contributed by atoms with E-state index >= 15 is 0 Å². The van der Waals surface area contributed by atoms with Crippen molar-refractivity contribution < 1.29 is 0 Å². The summed E-state index contributed by atoms with van der Waals surface area (Å²) in [6.07, 6.45) is 1.96. The van der Waals surface area contributed by atoms with Gasteiger partial charge < -0.3 is 9.88 Å². The molecule has 1 aromatic heterocycles. The summed E-state index contributed by atoms with van der Waals surface area (Å²) >= 11 is 2.33. The molecule has 0 aliphatic carbocycles. The van der Waals surface area contributed by atoms with Crippen LogP contribution in [0.1, 0.15) is 24.0 Å². The molecule has 96 valence electrons. The Labute approximate surface area is 122 Å². The van der Waals surface area contributed by atoms with E-state index in [4.69, 9.17) is 0 Å². The van der Waals surface area contributed by atoms with Crippen LogP contribution in [0.5, 0.6) is 0 Å². The summed E-state index contributed by atoms with van der Waals surface area (Å²) in [5.74, 6) is 1.07. The summed E-state index contributed by atoms with van der Waals surface area (Å²) < 4.78 is 3.54. The van der Waals surface area contributed by atoms with E-state index in [0.29, 0.717) is 0 Å². The first-order chi connectivity index (χ1) is 8.70. The Morgan fingerprint density at radius 2 is 2.00 bits per heavy atom. The van der Waals surface area contributed by atoms with Crippen molar-refractivity contribution in [3.8, 4) is 0 Å². The van der Waals surface area contributed by atoms with Gasteiger partial charge in [0, 0.05) is 22.9 Å². The number of aryl methyl sites for hydroxylation is 1. The molecule has 18 heavy (non-hydrogen) atoms. The van der Waals surface area contributed by atoms with Gasteiger partial charge in [-0.3, -0.25) is 0 Å². The molecule has 2 rings (SSSR count). The molecule has 0 unspecified atom stereocenters. The van der Waals surface area contributed by atoms with Gasteiger partial charge in [0.1, 0.15) is 5.82 Å². The van der Waals surface area contributed by atoms with E-state index in [9.17, 15) is 0 Å². The second-order valence-corrected chi connectivity index (χ2v) is 5.54. The van der Waals surface area contributed by atoms with Crippen LogP contribution >= 0.6 is 22.6 Å². The number of halogens is 1. The van der Waals surface area contributed by atoms with E-state index < -0.39 is 0 Å². The second-order valence-electron chi connectivity index (χ2n) is 4.29. The topological polar surface area (TPSA) is 29.9 Å². The van der Waals surface area contributed by atoms with Crippen LogP contribution in [0.3, 0.4) is 0 Å². The predicted molar refractivity (Wildman–Crippen MR) is 82.6 cm³/mol. The quantitative estimate of drug-likeness (QED) is 0.836. The number of aromatic nitrogens is 2. The average Bonchev–Trinajstić information content (AvgIpc) is 2.71. The zero-order valence-corrected chi connectivity index (χ0v) is 12.9. The number of hydrogen-bond acceptors (Lipinski definition) is 2. The Morgan fingerprint density at radius 3 is 2.67 bits per heavy atom. The van der Waals surface area contributed by atoms with Gasteiger partial charge in [-0.15, -0.1) is 0 Å². The van der Waals surface area contributed by atoms with Crippen LogP contribution in [0, 0.1) is 10.5 Å². The van der Waals surface area contributed by atoms with E-state index in [-0.39, 0.29) is 0 Å². The lowest BCUT2D eigenvalue weighted by atomic mass is 10.2. The van der Waals surface area contributed by atoms with E-state index in [2.05, 4.69) is 75.6 Å². The average molecular weight is 355 g/mol. The predicted octanol–water partition coefficient (Wildman–Crippen LogP) is 2.95. The summed E-state index contributed by atoms with van der Waals surface area (Å²) in [7, 11) is 0. The molecule has 0 aliphatic rings. The standard InChI is InChI=1S/C14H18IN3/c1-3-16-8-14-9-17-11(2)18(14)10-12-4-6-13(15)7-5-12/h4-7,9,16H,3,8,10H2,1-2H3. The molecular formula is C14H18IN3. The highest BCUT2D eigenvalue weighted by molar-refractivity contribution is 14.1. The smallest absolute Gasteiger partial charge is 0.106 e. The lowest BCUT2D eigenvalue weighted by Crippen LogP contribution is -2.16. The summed E-state index contributed by atoms with van der Waals surface area (Å²) in [5.41, 5.74) is 2.56. The molecule has 0 bridgehead atoms. The number of nitrogens with one attached hydrogen (secondary N) is 1. The van der Waals surface area contributed by atoms with Crippen molar-refractivity contribution >= 4 is 22.6 Å². The van der Waals surface area contributed by atoms with Crippen molar-refractivity contribution in [3.63, 3.8) is 0 Å². The molecule has 0 aliphatic heterocycles. The lowest BCUT2D eigenvalue weighted by molar-refractivity contribution is 0.646. The molecule has 1 aromatic carbocycles. The van der Waals surface area contributed by atoms with Crippen LogP contribution in [0.15, 0.2) is 30.5 Å². The third kappa shape index (κ3) is 3.32. The molecule has 0 saturated heterocycles. The molecule has 2 aromatic rings. The van der Waals surface area contributed by atoms with Crippen LogP contribution in [0.2, 0.25) is 0 Å². The second kappa shape index (κ2) is 6.33. The highest BCUT2D eigenvalue weighted by Gasteiger charge is 2.06. The van der Waals surface area contributed by atoms with Gasteiger partial charge in [-0.25, -0.2) is 4.98 Å². The van der Waals surface area contributed by atoms with E-state index in [0.717, 1.165) is 25.5 Å². The maximum Gasteiger partial charge on any atom is 0.106 e. The Morgan fingerprint density at radius 1 is 1.28 bits per heavy atom. The molecule has 4 heteroatoms. The van der Waals surface area contributed by atoms with Crippen LogP contribution in [-0.2, 0) is 13.1 Å². The molecule has 0 spiro atoms. The number of benzene rings is 1. The summed E-state index contributed by atoms with van der Waals surface area (Å²) in [5, 5.41) is 3.35. The maximum atomic E-state index is 4.40. The summed E-state index contributed by atoms with van der Waals surface area (Å²) in [6, 6.07) is 8.65. The van der Waals surface area contributed by atoms with E-state index in [1.807, 2.05) is 6.20 Å². The highest BCUT2D eigenvalue weighted by atomic mass is 127. The van der Waals surface area contributed by atoms with Crippen molar-refractivity contribution in [1.29, 1.82) is 0 Å². The highest BCUT2D eigenvalue weighted by Crippen LogP contribution is 2.12. The van der Waals surface area contributed by atoms with Gasteiger partial charge in [-0.2, -0.15) is 0 Å². The van der Waals surface area contributed by atoms with Gasteiger partial charge in [-0.05, 0) is 53.8 Å². The van der Waals surface area contributed by atoms with Crippen molar-refractivity contribution in [3.05, 3.63) is 51.1 Å². The lowest BCUT2D eigenvalue weighted by Gasteiger charge is -2.11. The van der Waals surface area contributed by atoms with Crippen LogP contribution < -0.4 is 5.32 Å². The number of rotatable bonds is 5. The Hall–Kier alpha value is -0.880. The molecular weight excluding hydrogens is 337 g/mol. The van der Waals surface area contributed by atoms with Crippen LogP contribution in [0.4, 0.5) is 0 Å². The minimum absolute atomic E-state index is 0.877. The SMILES string of the molecule is CCNCc1cnc(C)n1Cc1ccc(I)cc1. The molecule has 0 atom stereocenters. The number of imidazole rings is 1. The maximum absolute atomic E-state index is 4.40. The van der Waals surface area contributed by atoms with Crippen molar-refractivity contribution in [2.45, 2.75) is 26.9 Å². The molecule has 0 amide bonds. The zero-order chi connectivity index (χ0) is 13.0. The zero-order valence-electron chi connectivity index (χ0n) is 10.8. The van der Waals surface area contributed by atoms with Gasteiger partial charge in [0.15, 0.2) is 0 Å². The van der Waals surface area contributed by atoms with E-state index in [1.54, 1.807) is 0 Å². The first kappa shape index (κ1) is 13.5. The fourth-order valence-corrected chi connectivity index (χ4v) is 2.26. The third-order valence-corrected chi connectivity index (χ3v) is 3.67. The molecule has 0 saturated carbocycles. The third-order valence-electron chi connectivity index (χ3n) is 2.95.